The van der Waals surface area contributed by atoms with Crippen LogP contribution in [0, 0.1) is 0 Å². The molecule has 0 aliphatic rings. The van der Waals surface area contributed by atoms with Crippen molar-refractivity contribution < 1.29 is 14.3 Å². The fourth-order valence-electron chi connectivity index (χ4n) is 2.03. The molecule has 6 heteroatoms. The zero-order chi connectivity index (χ0) is 19.0. The maximum Gasteiger partial charge on any atom is 0.346 e. The smallest absolute Gasteiger partial charge is 0.346 e. The van der Waals surface area contributed by atoms with Gasteiger partial charge in [-0.1, -0.05) is 49.7 Å². The lowest BCUT2D eigenvalue weighted by Gasteiger charge is -2.24. The van der Waals surface area contributed by atoms with Crippen LogP contribution in [-0.4, -0.2) is 19.2 Å². The van der Waals surface area contributed by atoms with Crippen LogP contribution in [0.1, 0.15) is 31.9 Å². The highest BCUT2D eigenvalue weighted by Gasteiger charge is 2.25. The average Bonchev–Trinajstić information content (AvgIpc) is 2.63. The molecular weight excluding hydrogens is 376 g/mol. The molecule has 2 aromatic carbocycles. The summed E-state index contributed by atoms with van der Waals surface area (Å²) in [5, 5.41) is 0.659. The van der Waals surface area contributed by atoms with Gasteiger partial charge in [-0.05, 0) is 42.3 Å². The van der Waals surface area contributed by atoms with Crippen LogP contribution in [0.5, 0.6) is 5.75 Å². The van der Waals surface area contributed by atoms with Crippen LogP contribution in [0.2, 0.25) is 5.02 Å². The highest BCUT2D eigenvalue weighted by atomic mass is 35.5. The van der Waals surface area contributed by atoms with Gasteiger partial charge in [0.25, 0.3) is 0 Å². The molecule has 3 nitrogen and oxygen atoms in total. The number of benzene rings is 2. The standard InChI is InChI=1S/C17H17ClO3S2.C2H6/c1-11(16(19)20-2)21-15-9-5-13(6-10-15)17(22,23)12-3-7-14(18)8-4-12;1-2/h3-11,22-23H,1-2H3;1-2H3. The Morgan fingerprint density at radius 3 is 1.88 bits per heavy atom. The SMILES string of the molecule is CC.COC(=O)C(C)Oc1ccc(C(S)(S)c2ccc(Cl)cc2)cc1. The predicted molar refractivity (Wildman–Crippen MR) is 110 cm³/mol. The van der Waals surface area contributed by atoms with Crippen molar-refractivity contribution in [3.8, 4) is 5.75 Å². The zero-order valence-corrected chi connectivity index (χ0v) is 17.2. The van der Waals surface area contributed by atoms with Crippen LogP contribution in [0.4, 0.5) is 0 Å². The van der Waals surface area contributed by atoms with Crippen molar-refractivity contribution in [1.82, 2.24) is 0 Å². The van der Waals surface area contributed by atoms with E-state index in [9.17, 15) is 4.79 Å². The highest BCUT2D eigenvalue weighted by molar-refractivity contribution is 8.00. The van der Waals surface area contributed by atoms with Crippen molar-refractivity contribution in [1.29, 1.82) is 0 Å². The molecule has 136 valence electrons. The summed E-state index contributed by atoms with van der Waals surface area (Å²) < 4.78 is 9.38. The van der Waals surface area contributed by atoms with Crippen molar-refractivity contribution in [3.63, 3.8) is 0 Å². The summed E-state index contributed by atoms with van der Waals surface area (Å²) in [7, 11) is 1.33. The van der Waals surface area contributed by atoms with Gasteiger partial charge in [0.1, 0.15) is 9.83 Å². The van der Waals surface area contributed by atoms with Gasteiger partial charge in [0.15, 0.2) is 6.10 Å². The third kappa shape index (κ3) is 5.87. The number of methoxy groups -OCH3 is 1. The minimum absolute atomic E-state index is 0.423. The largest absolute Gasteiger partial charge is 0.479 e. The number of carbonyl (C=O) groups is 1. The molecule has 1 atom stereocenters. The number of hydrogen-bond acceptors (Lipinski definition) is 5. The minimum Gasteiger partial charge on any atom is -0.479 e. The van der Waals surface area contributed by atoms with Gasteiger partial charge < -0.3 is 9.47 Å². The van der Waals surface area contributed by atoms with E-state index in [-0.39, 0.29) is 0 Å². The summed E-state index contributed by atoms with van der Waals surface area (Å²) in [6.45, 7) is 5.63. The highest BCUT2D eigenvalue weighted by Crippen LogP contribution is 2.40. The molecule has 0 bridgehead atoms. The third-order valence-corrected chi connectivity index (χ3v) is 4.63. The second-order valence-electron chi connectivity index (χ2n) is 4.99. The summed E-state index contributed by atoms with van der Waals surface area (Å²) in [4.78, 5) is 11.4. The molecule has 0 spiro atoms. The topological polar surface area (TPSA) is 35.5 Å². The number of carbonyl (C=O) groups excluding carboxylic acids is 1. The fourth-order valence-corrected chi connectivity index (χ4v) is 2.76. The normalized spacial score (nSPS) is 11.8. The Hall–Kier alpha value is -1.30. The van der Waals surface area contributed by atoms with Gasteiger partial charge in [-0.15, -0.1) is 0 Å². The van der Waals surface area contributed by atoms with Gasteiger partial charge in [-0.2, -0.15) is 25.3 Å². The molecule has 1 unspecified atom stereocenters. The van der Waals surface area contributed by atoms with Gasteiger partial charge in [-0.3, -0.25) is 0 Å². The van der Waals surface area contributed by atoms with E-state index in [2.05, 4.69) is 30.0 Å². The first kappa shape index (κ1) is 21.7. The molecule has 0 fully saturated rings. The molecule has 0 radical (unpaired) electrons. The summed E-state index contributed by atoms with van der Waals surface area (Å²) in [5.74, 6) is 0.146. The lowest BCUT2D eigenvalue weighted by Crippen LogP contribution is -2.24. The van der Waals surface area contributed by atoms with Crippen LogP contribution < -0.4 is 4.74 Å². The first-order valence-corrected chi connectivity index (χ1v) is 9.17. The predicted octanol–water partition coefficient (Wildman–Crippen LogP) is 5.37. The molecule has 0 heterocycles. The Bertz CT molecular complexity index is 670. The minimum atomic E-state index is -0.767. The van der Waals surface area contributed by atoms with Crippen LogP contribution >= 0.6 is 36.9 Å². The maximum absolute atomic E-state index is 11.4. The van der Waals surface area contributed by atoms with E-state index in [1.54, 1.807) is 31.2 Å². The summed E-state index contributed by atoms with van der Waals surface area (Å²) in [6, 6.07) is 14.6. The van der Waals surface area contributed by atoms with Crippen LogP contribution in [-0.2, 0) is 13.6 Å². The van der Waals surface area contributed by atoms with Gasteiger partial charge >= 0.3 is 5.97 Å². The maximum atomic E-state index is 11.4. The molecular formula is C19H23ClO3S2. The van der Waals surface area contributed by atoms with Crippen molar-refractivity contribution in [2.45, 2.75) is 31.0 Å². The monoisotopic (exact) mass is 398 g/mol. The molecule has 0 aliphatic heterocycles. The van der Waals surface area contributed by atoms with Crippen molar-refractivity contribution in [2.75, 3.05) is 7.11 Å². The Labute approximate surface area is 165 Å². The van der Waals surface area contributed by atoms with E-state index in [1.165, 1.54) is 7.11 Å². The van der Waals surface area contributed by atoms with Crippen LogP contribution in [0.25, 0.3) is 0 Å². The van der Waals surface area contributed by atoms with Crippen molar-refractivity contribution in [2.24, 2.45) is 0 Å². The van der Waals surface area contributed by atoms with E-state index in [0.29, 0.717) is 10.8 Å². The molecule has 0 aliphatic carbocycles. The van der Waals surface area contributed by atoms with E-state index in [1.807, 2.05) is 38.1 Å². The van der Waals surface area contributed by atoms with Crippen molar-refractivity contribution >= 4 is 42.8 Å². The third-order valence-electron chi connectivity index (χ3n) is 3.35. The van der Waals surface area contributed by atoms with Gasteiger partial charge in [0.05, 0.1) is 7.11 Å². The number of ether oxygens (including phenoxy) is 2. The lowest BCUT2D eigenvalue weighted by molar-refractivity contribution is -0.147. The molecule has 25 heavy (non-hydrogen) atoms. The second-order valence-corrected chi connectivity index (χ2v) is 7.12. The number of hydrogen-bond donors (Lipinski definition) is 2. The van der Waals surface area contributed by atoms with Gasteiger partial charge in [0, 0.05) is 5.02 Å². The fraction of sp³-hybridized carbons (Fsp3) is 0.316. The summed E-state index contributed by atoms with van der Waals surface area (Å²) >= 11 is 15.2. The summed E-state index contributed by atoms with van der Waals surface area (Å²) in [6.07, 6.45) is -0.668. The number of halogens is 1. The molecule has 0 N–H and O–H groups in total. The molecule has 2 rings (SSSR count). The van der Waals surface area contributed by atoms with E-state index < -0.39 is 16.2 Å². The van der Waals surface area contributed by atoms with Crippen LogP contribution in [0.3, 0.4) is 0 Å². The first-order chi connectivity index (χ1) is 11.8. The number of thiol groups is 2. The lowest BCUT2D eigenvalue weighted by atomic mass is 10.0. The Balaban J connectivity index is 0.00000151. The average molecular weight is 399 g/mol. The Morgan fingerprint density at radius 1 is 1.00 bits per heavy atom. The second kappa shape index (κ2) is 10.00. The first-order valence-electron chi connectivity index (χ1n) is 7.90. The van der Waals surface area contributed by atoms with E-state index >= 15 is 0 Å². The Kier molecular flexibility index (Phi) is 8.69. The van der Waals surface area contributed by atoms with E-state index in [0.717, 1.165) is 11.1 Å². The zero-order valence-electron chi connectivity index (χ0n) is 14.7. The molecule has 2 aromatic rings. The molecule has 0 saturated heterocycles. The van der Waals surface area contributed by atoms with Gasteiger partial charge in [0.2, 0.25) is 0 Å². The number of esters is 1. The Morgan fingerprint density at radius 2 is 1.44 bits per heavy atom. The quantitative estimate of drug-likeness (QED) is 0.404. The van der Waals surface area contributed by atoms with E-state index in [4.69, 9.17) is 16.3 Å². The van der Waals surface area contributed by atoms with Gasteiger partial charge in [-0.25, -0.2) is 4.79 Å². The summed E-state index contributed by atoms with van der Waals surface area (Å²) in [5.41, 5.74) is 1.79. The molecule has 0 saturated carbocycles. The number of rotatable bonds is 5. The van der Waals surface area contributed by atoms with Crippen LogP contribution in [0.15, 0.2) is 48.5 Å². The molecule has 0 aromatic heterocycles. The van der Waals surface area contributed by atoms with Crippen molar-refractivity contribution in [3.05, 3.63) is 64.7 Å². The molecule has 0 amide bonds.